The number of rotatable bonds is 10. The number of aryl methyl sites for hydroxylation is 1. The van der Waals surface area contributed by atoms with Crippen molar-refractivity contribution in [2.24, 2.45) is 0 Å². The van der Waals surface area contributed by atoms with Crippen LogP contribution in [-0.4, -0.2) is 29.2 Å². The first-order valence-electron chi connectivity index (χ1n) is 12.8. The third-order valence-electron chi connectivity index (χ3n) is 7.04. The number of ether oxygens (including phenoxy) is 1. The number of aromatic nitrogens is 1. The summed E-state index contributed by atoms with van der Waals surface area (Å²) in [6.07, 6.45) is 0. The number of nitro groups is 1. The summed E-state index contributed by atoms with van der Waals surface area (Å²) in [6.45, 7) is 13.8. The fourth-order valence-electron chi connectivity index (χ4n) is 5.38. The molecule has 4 aromatic rings. The molecule has 4 rings (SSSR count). The molecule has 0 aliphatic carbocycles. The summed E-state index contributed by atoms with van der Waals surface area (Å²) in [4.78, 5) is 13.7. The van der Waals surface area contributed by atoms with Gasteiger partial charge in [0, 0.05) is 71.6 Å². The Hall–Kier alpha value is -3.80. The number of fused-ring (bicyclic) bond motifs is 1. The van der Waals surface area contributed by atoms with Crippen LogP contribution in [0.5, 0.6) is 5.75 Å². The van der Waals surface area contributed by atoms with Gasteiger partial charge in [-0.25, -0.2) is 0 Å². The lowest BCUT2D eigenvalue weighted by Crippen LogP contribution is -2.22. The zero-order valence-corrected chi connectivity index (χ0v) is 21.8. The molecule has 0 spiro atoms. The van der Waals surface area contributed by atoms with Crippen LogP contribution in [0.1, 0.15) is 56.0 Å². The van der Waals surface area contributed by atoms with Gasteiger partial charge in [0.25, 0.3) is 5.69 Å². The molecule has 6 heteroatoms. The SMILES string of the molecule is CCOc1cc(N(CC)CC)ccc1C(c1cccc([N+](=O)[O-])c1)c1c(C)n(CC)c2ccccc12. The van der Waals surface area contributed by atoms with Crippen molar-refractivity contribution in [3.63, 3.8) is 0 Å². The van der Waals surface area contributed by atoms with Crippen LogP contribution in [0.15, 0.2) is 66.7 Å². The van der Waals surface area contributed by atoms with E-state index in [1.165, 1.54) is 5.52 Å². The van der Waals surface area contributed by atoms with E-state index in [-0.39, 0.29) is 16.5 Å². The van der Waals surface area contributed by atoms with Gasteiger partial charge in [-0.1, -0.05) is 36.4 Å². The lowest BCUT2D eigenvalue weighted by atomic mass is 9.82. The minimum absolute atomic E-state index is 0.0899. The minimum atomic E-state index is -0.324. The molecule has 0 fully saturated rings. The lowest BCUT2D eigenvalue weighted by Gasteiger charge is -2.26. The van der Waals surface area contributed by atoms with Gasteiger partial charge in [0.1, 0.15) is 5.75 Å². The van der Waals surface area contributed by atoms with E-state index in [1.807, 2.05) is 13.0 Å². The van der Waals surface area contributed by atoms with E-state index in [0.717, 1.165) is 58.8 Å². The molecule has 0 bridgehead atoms. The second-order valence-corrected chi connectivity index (χ2v) is 8.87. The molecule has 0 amide bonds. The molecule has 0 N–H and O–H groups in total. The molecule has 0 aliphatic heterocycles. The highest BCUT2D eigenvalue weighted by molar-refractivity contribution is 5.87. The van der Waals surface area contributed by atoms with Crippen LogP contribution in [0.2, 0.25) is 0 Å². The Bertz CT molecular complexity index is 1370. The van der Waals surface area contributed by atoms with E-state index >= 15 is 0 Å². The number of benzene rings is 3. The maximum Gasteiger partial charge on any atom is 0.269 e. The van der Waals surface area contributed by atoms with Gasteiger partial charge in [-0.3, -0.25) is 10.1 Å². The predicted octanol–water partition coefficient (Wildman–Crippen LogP) is 7.30. The molecular weight excluding hydrogens is 450 g/mol. The first kappa shape index (κ1) is 25.3. The quantitative estimate of drug-likeness (QED) is 0.175. The number of non-ortho nitro benzene ring substituents is 1. The van der Waals surface area contributed by atoms with Crippen LogP contribution >= 0.6 is 0 Å². The van der Waals surface area contributed by atoms with Crippen LogP contribution in [0.4, 0.5) is 11.4 Å². The van der Waals surface area contributed by atoms with Crippen LogP contribution in [0.25, 0.3) is 10.9 Å². The van der Waals surface area contributed by atoms with Crippen LogP contribution in [0.3, 0.4) is 0 Å². The maximum atomic E-state index is 11.7. The largest absolute Gasteiger partial charge is 0.493 e. The third kappa shape index (κ3) is 4.55. The molecule has 0 aliphatic rings. The van der Waals surface area contributed by atoms with Gasteiger partial charge < -0.3 is 14.2 Å². The lowest BCUT2D eigenvalue weighted by molar-refractivity contribution is -0.384. The van der Waals surface area contributed by atoms with Crippen molar-refractivity contribution in [1.29, 1.82) is 0 Å². The van der Waals surface area contributed by atoms with Crippen molar-refractivity contribution < 1.29 is 9.66 Å². The molecule has 0 saturated heterocycles. The summed E-state index contributed by atoms with van der Waals surface area (Å²) >= 11 is 0. The minimum Gasteiger partial charge on any atom is -0.493 e. The monoisotopic (exact) mass is 485 g/mol. The maximum absolute atomic E-state index is 11.7. The number of nitro benzene ring substituents is 1. The highest BCUT2D eigenvalue weighted by atomic mass is 16.6. The second-order valence-electron chi connectivity index (χ2n) is 8.87. The molecule has 1 atom stereocenters. The van der Waals surface area contributed by atoms with Crippen LogP contribution < -0.4 is 9.64 Å². The van der Waals surface area contributed by atoms with Crippen molar-refractivity contribution in [3.8, 4) is 5.75 Å². The molecule has 6 nitrogen and oxygen atoms in total. The van der Waals surface area contributed by atoms with Gasteiger partial charge in [0.2, 0.25) is 0 Å². The summed E-state index contributed by atoms with van der Waals surface area (Å²) in [6, 6.07) is 21.8. The first-order valence-corrected chi connectivity index (χ1v) is 12.8. The van der Waals surface area contributed by atoms with Crippen molar-refractivity contribution in [3.05, 3.63) is 99.2 Å². The fraction of sp³-hybridized carbons (Fsp3) is 0.333. The molecular formula is C30H35N3O3. The molecule has 188 valence electrons. The van der Waals surface area contributed by atoms with Gasteiger partial charge >= 0.3 is 0 Å². The molecule has 1 unspecified atom stereocenters. The predicted molar refractivity (Wildman–Crippen MR) is 148 cm³/mol. The Morgan fingerprint density at radius 1 is 0.972 bits per heavy atom. The summed E-state index contributed by atoms with van der Waals surface area (Å²) < 4.78 is 8.56. The second kappa shape index (κ2) is 10.9. The Kier molecular flexibility index (Phi) is 7.63. The van der Waals surface area contributed by atoms with Crippen LogP contribution in [-0.2, 0) is 6.54 Å². The Morgan fingerprint density at radius 3 is 2.39 bits per heavy atom. The molecule has 36 heavy (non-hydrogen) atoms. The Balaban J connectivity index is 2.05. The van der Waals surface area contributed by atoms with E-state index in [2.05, 4.69) is 79.6 Å². The number of nitrogens with zero attached hydrogens (tertiary/aromatic N) is 3. The average Bonchev–Trinajstić information content (AvgIpc) is 3.17. The summed E-state index contributed by atoms with van der Waals surface area (Å²) in [5, 5.41) is 12.9. The summed E-state index contributed by atoms with van der Waals surface area (Å²) in [5.74, 6) is 0.584. The normalized spacial score (nSPS) is 12.0. The van der Waals surface area contributed by atoms with E-state index < -0.39 is 0 Å². The molecule has 3 aromatic carbocycles. The number of anilines is 1. The number of hydrogen-bond donors (Lipinski definition) is 0. The van der Waals surface area contributed by atoms with Gasteiger partial charge in [0.15, 0.2) is 0 Å². The smallest absolute Gasteiger partial charge is 0.269 e. The highest BCUT2D eigenvalue weighted by Gasteiger charge is 2.28. The fourth-order valence-corrected chi connectivity index (χ4v) is 5.38. The Morgan fingerprint density at radius 2 is 1.72 bits per heavy atom. The summed E-state index contributed by atoms with van der Waals surface area (Å²) in [5.41, 5.74) is 6.57. The van der Waals surface area contributed by atoms with E-state index in [1.54, 1.807) is 18.2 Å². The standard InChI is InChI=1S/C30H35N3O3/c1-6-31(7-2)23-17-18-26(28(20-23)36-9-4)30(22-13-12-14-24(19-22)33(34)35)29-21(5)32(8-3)27-16-11-10-15-25(27)29/h10-20,30H,6-9H2,1-5H3. The third-order valence-corrected chi connectivity index (χ3v) is 7.04. The topological polar surface area (TPSA) is 60.5 Å². The van der Waals surface area contributed by atoms with Crippen molar-refractivity contribution >= 4 is 22.3 Å². The first-order chi connectivity index (χ1) is 17.4. The van der Waals surface area contributed by atoms with E-state index in [0.29, 0.717) is 6.61 Å². The van der Waals surface area contributed by atoms with Gasteiger partial charge in [-0.05, 0) is 57.9 Å². The van der Waals surface area contributed by atoms with E-state index in [4.69, 9.17) is 4.74 Å². The van der Waals surface area contributed by atoms with Crippen molar-refractivity contribution in [1.82, 2.24) is 4.57 Å². The van der Waals surface area contributed by atoms with Gasteiger partial charge in [0.05, 0.1) is 11.5 Å². The molecule has 0 saturated carbocycles. The van der Waals surface area contributed by atoms with Crippen molar-refractivity contribution in [2.45, 2.75) is 47.1 Å². The highest BCUT2D eigenvalue weighted by Crippen LogP contribution is 2.44. The van der Waals surface area contributed by atoms with Crippen LogP contribution in [0, 0.1) is 17.0 Å². The average molecular weight is 486 g/mol. The number of hydrogen-bond acceptors (Lipinski definition) is 4. The number of para-hydroxylation sites is 1. The molecule has 1 aromatic heterocycles. The zero-order chi connectivity index (χ0) is 25.8. The van der Waals surface area contributed by atoms with Gasteiger partial charge in [-0.15, -0.1) is 0 Å². The molecule has 0 radical (unpaired) electrons. The van der Waals surface area contributed by atoms with Gasteiger partial charge in [-0.2, -0.15) is 0 Å². The van der Waals surface area contributed by atoms with E-state index in [9.17, 15) is 10.1 Å². The van der Waals surface area contributed by atoms with Crippen molar-refractivity contribution in [2.75, 3.05) is 24.6 Å². The Labute approximate surface area is 213 Å². The zero-order valence-electron chi connectivity index (χ0n) is 21.8. The molecule has 1 heterocycles. The summed E-state index contributed by atoms with van der Waals surface area (Å²) in [7, 11) is 0.